The molecule has 0 amide bonds. The molecule has 0 fully saturated rings. The Balaban J connectivity index is 3.96. The zero-order valence-electron chi connectivity index (χ0n) is 35.1. The molecule has 0 saturated heterocycles. The lowest BCUT2D eigenvalue weighted by atomic mass is 10.0. The molecule has 0 aromatic rings. The highest BCUT2D eigenvalue weighted by atomic mass is 16.5. The van der Waals surface area contributed by atoms with Crippen LogP contribution in [0.15, 0.2) is 24.7 Å². The lowest BCUT2D eigenvalue weighted by molar-refractivity contribution is 0.0895. The highest BCUT2D eigenvalue weighted by Crippen LogP contribution is 2.21. The lowest BCUT2D eigenvalue weighted by Gasteiger charge is -2.22. The topological polar surface area (TPSA) is 21.7 Å². The SMILES string of the molecule is C=C(CCCCCN(CCC)CCCCCCCC(=C)OC(CCCCCCCC)CCCCCCCC)OCCCCCCCCCCC. The molecule has 3 nitrogen and oxygen atoms in total. The van der Waals surface area contributed by atoms with Crippen molar-refractivity contribution < 1.29 is 9.47 Å². The Morgan fingerprint density at radius 2 is 0.780 bits per heavy atom. The zero-order chi connectivity index (χ0) is 36.6. The van der Waals surface area contributed by atoms with E-state index in [1.165, 1.54) is 225 Å². The second kappa shape index (κ2) is 40.8. The number of hydrogen-bond acceptors (Lipinski definition) is 3. The maximum atomic E-state index is 6.49. The number of nitrogens with zero attached hydrogens (tertiary/aromatic N) is 1. The van der Waals surface area contributed by atoms with Crippen LogP contribution < -0.4 is 0 Å². The third kappa shape index (κ3) is 36.8. The molecule has 0 aliphatic rings. The smallest absolute Gasteiger partial charge is 0.0982 e. The number of unbranched alkanes of at least 4 members (excludes halogenated alkanes) is 24. The molecule has 0 unspecified atom stereocenters. The number of hydrogen-bond donors (Lipinski definition) is 0. The molecule has 298 valence electrons. The van der Waals surface area contributed by atoms with Gasteiger partial charge in [0, 0.05) is 12.8 Å². The molecule has 0 aromatic heterocycles. The molecule has 3 heteroatoms. The average Bonchev–Trinajstić information content (AvgIpc) is 3.11. The van der Waals surface area contributed by atoms with Gasteiger partial charge < -0.3 is 14.4 Å². The van der Waals surface area contributed by atoms with E-state index >= 15 is 0 Å². The van der Waals surface area contributed by atoms with Gasteiger partial charge in [-0.3, -0.25) is 0 Å². The van der Waals surface area contributed by atoms with Crippen molar-refractivity contribution in [3.8, 4) is 0 Å². The highest BCUT2D eigenvalue weighted by Gasteiger charge is 2.12. The van der Waals surface area contributed by atoms with Crippen LogP contribution in [0.2, 0.25) is 0 Å². The van der Waals surface area contributed by atoms with Crippen molar-refractivity contribution >= 4 is 0 Å². The summed E-state index contributed by atoms with van der Waals surface area (Å²) in [6.45, 7) is 22.4. The second-order valence-corrected chi connectivity index (χ2v) is 15.8. The van der Waals surface area contributed by atoms with E-state index in [2.05, 4.69) is 45.8 Å². The fourth-order valence-corrected chi connectivity index (χ4v) is 7.24. The van der Waals surface area contributed by atoms with Gasteiger partial charge in [0.05, 0.1) is 24.2 Å². The predicted molar refractivity (Wildman–Crippen MR) is 225 cm³/mol. The molecule has 50 heavy (non-hydrogen) atoms. The molecular formula is C47H93NO2. The monoisotopic (exact) mass is 704 g/mol. The van der Waals surface area contributed by atoms with Crippen molar-refractivity contribution in [2.24, 2.45) is 0 Å². The van der Waals surface area contributed by atoms with E-state index in [1.54, 1.807) is 0 Å². The van der Waals surface area contributed by atoms with Crippen molar-refractivity contribution in [2.75, 3.05) is 26.2 Å². The Morgan fingerprint density at radius 3 is 1.26 bits per heavy atom. The van der Waals surface area contributed by atoms with Gasteiger partial charge in [-0.1, -0.05) is 182 Å². The number of ether oxygens (including phenoxy) is 2. The predicted octanol–water partition coefficient (Wildman–Crippen LogP) is 16.1. The van der Waals surface area contributed by atoms with E-state index in [0.29, 0.717) is 6.10 Å². The van der Waals surface area contributed by atoms with Gasteiger partial charge in [0.15, 0.2) is 0 Å². The van der Waals surface area contributed by atoms with Crippen LogP contribution in [-0.4, -0.2) is 37.2 Å². The van der Waals surface area contributed by atoms with Crippen molar-refractivity contribution in [1.82, 2.24) is 4.90 Å². The van der Waals surface area contributed by atoms with Gasteiger partial charge in [-0.15, -0.1) is 0 Å². The van der Waals surface area contributed by atoms with Crippen LogP contribution >= 0.6 is 0 Å². The molecule has 0 N–H and O–H groups in total. The zero-order valence-corrected chi connectivity index (χ0v) is 35.1. The van der Waals surface area contributed by atoms with Crippen LogP contribution in [0.4, 0.5) is 0 Å². The Kier molecular flexibility index (Phi) is 40.0. The minimum atomic E-state index is 0.394. The van der Waals surface area contributed by atoms with E-state index in [9.17, 15) is 0 Å². The van der Waals surface area contributed by atoms with Crippen LogP contribution in [0.5, 0.6) is 0 Å². The molecular weight excluding hydrogens is 611 g/mol. The summed E-state index contributed by atoms with van der Waals surface area (Å²) in [6, 6.07) is 0. The van der Waals surface area contributed by atoms with Crippen molar-refractivity contribution in [1.29, 1.82) is 0 Å². The quantitative estimate of drug-likeness (QED) is 0.0466. The largest absolute Gasteiger partial charge is 0.499 e. The standard InChI is InChI=1S/C47H93NO2/c1-7-11-14-17-20-21-22-28-36-44-49-45(5)37-31-29-35-43-48(41-10-4)42-34-27-23-24-30-38-46(6)50-47(39-32-25-18-15-12-8-2)40-33-26-19-16-13-9-3/h47H,5-44H2,1-4H3. The molecule has 0 radical (unpaired) electrons. The summed E-state index contributed by atoms with van der Waals surface area (Å²) in [5.41, 5.74) is 0. The van der Waals surface area contributed by atoms with Crippen LogP contribution in [0.3, 0.4) is 0 Å². The number of rotatable bonds is 43. The van der Waals surface area contributed by atoms with Crippen molar-refractivity contribution in [3.63, 3.8) is 0 Å². The van der Waals surface area contributed by atoms with E-state index in [-0.39, 0.29) is 0 Å². The van der Waals surface area contributed by atoms with Crippen LogP contribution in [0, 0.1) is 0 Å². The first-order valence-electron chi connectivity index (χ1n) is 22.9. The Labute approximate surface area is 316 Å². The molecule has 0 saturated carbocycles. The summed E-state index contributed by atoms with van der Waals surface area (Å²) in [6.07, 6.45) is 45.1. The summed E-state index contributed by atoms with van der Waals surface area (Å²) in [4.78, 5) is 2.71. The van der Waals surface area contributed by atoms with Crippen molar-refractivity contribution in [3.05, 3.63) is 24.7 Å². The molecule has 0 heterocycles. The van der Waals surface area contributed by atoms with E-state index in [4.69, 9.17) is 9.47 Å². The Hall–Kier alpha value is -0.960. The minimum absolute atomic E-state index is 0.394. The maximum absolute atomic E-state index is 6.49. The molecule has 0 spiro atoms. The second-order valence-electron chi connectivity index (χ2n) is 15.8. The summed E-state index contributed by atoms with van der Waals surface area (Å²) >= 11 is 0. The fraction of sp³-hybridized carbons (Fsp3) is 0.915. The minimum Gasteiger partial charge on any atom is -0.499 e. The first kappa shape index (κ1) is 49.0. The molecule has 0 aliphatic heterocycles. The molecule has 0 atom stereocenters. The fourth-order valence-electron chi connectivity index (χ4n) is 7.24. The van der Waals surface area contributed by atoms with E-state index in [1.807, 2.05) is 0 Å². The first-order valence-corrected chi connectivity index (χ1v) is 22.9. The molecule has 0 aliphatic carbocycles. The van der Waals surface area contributed by atoms with Gasteiger partial charge in [0.2, 0.25) is 0 Å². The van der Waals surface area contributed by atoms with Crippen molar-refractivity contribution in [2.45, 2.75) is 252 Å². The lowest BCUT2D eigenvalue weighted by Crippen LogP contribution is -2.27. The number of allylic oxidation sites excluding steroid dienone is 2. The van der Waals surface area contributed by atoms with Crippen LogP contribution in [0.1, 0.15) is 246 Å². The maximum Gasteiger partial charge on any atom is 0.0982 e. The third-order valence-electron chi connectivity index (χ3n) is 10.5. The Morgan fingerprint density at radius 1 is 0.400 bits per heavy atom. The normalized spacial score (nSPS) is 11.6. The van der Waals surface area contributed by atoms with Gasteiger partial charge in [0.1, 0.15) is 0 Å². The van der Waals surface area contributed by atoms with Gasteiger partial charge in [-0.05, 0) is 83.8 Å². The van der Waals surface area contributed by atoms with Gasteiger partial charge in [-0.2, -0.15) is 0 Å². The highest BCUT2D eigenvalue weighted by molar-refractivity contribution is 4.84. The summed E-state index contributed by atoms with van der Waals surface area (Å²) in [5.74, 6) is 2.06. The third-order valence-corrected chi connectivity index (χ3v) is 10.5. The van der Waals surface area contributed by atoms with E-state index < -0.39 is 0 Å². The average molecular weight is 704 g/mol. The summed E-state index contributed by atoms with van der Waals surface area (Å²) < 4.78 is 12.4. The first-order chi connectivity index (χ1) is 24.6. The molecule has 0 aromatic carbocycles. The summed E-state index contributed by atoms with van der Waals surface area (Å²) in [7, 11) is 0. The summed E-state index contributed by atoms with van der Waals surface area (Å²) in [5, 5.41) is 0. The van der Waals surface area contributed by atoms with Crippen LogP contribution in [0.25, 0.3) is 0 Å². The van der Waals surface area contributed by atoms with Crippen LogP contribution in [-0.2, 0) is 9.47 Å². The van der Waals surface area contributed by atoms with E-state index in [0.717, 1.165) is 31.0 Å². The Bertz CT molecular complexity index is 675. The van der Waals surface area contributed by atoms with Gasteiger partial charge in [-0.25, -0.2) is 0 Å². The molecule has 0 bridgehead atoms. The molecule has 0 rings (SSSR count). The van der Waals surface area contributed by atoms with Gasteiger partial charge >= 0.3 is 0 Å². The van der Waals surface area contributed by atoms with Gasteiger partial charge in [0.25, 0.3) is 0 Å².